The van der Waals surface area contributed by atoms with Gasteiger partial charge in [0.25, 0.3) is 0 Å². The Morgan fingerprint density at radius 3 is 2.25 bits per heavy atom. The van der Waals surface area contributed by atoms with Gasteiger partial charge in [-0.1, -0.05) is 0 Å². The van der Waals surface area contributed by atoms with E-state index in [0.29, 0.717) is 0 Å². The minimum absolute atomic E-state index is 0.122. The Balaban J connectivity index is 2.15. The fourth-order valence-electron chi connectivity index (χ4n) is 2.14. The number of hydrogen-bond donors (Lipinski definition) is 3. The molecule has 0 radical (unpaired) electrons. The molecule has 2 rings (SSSR count). The molecule has 1 heterocycles. The average molecular weight is 222 g/mol. The van der Waals surface area contributed by atoms with E-state index < -0.39 is 0 Å². The highest BCUT2D eigenvalue weighted by Crippen LogP contribution is 2.28. The van der Waals surface area contributed by atoms with Crippen LogP contribution in [0.4, 0.5) is 0 Å². The van der Waals surface area contributed by atoms with Crippen LogP contribution in [0.25, 0.3) is 0 Å². The van der Waals surface area contributed by atoms with Crippen molar-refractivity contribution < 1.29 is 10.2 Å². The van der Waals surface area contributed by atoms with Gasteiger partial charge in [-0.15, -0.1) is 0 Å². The van der Waals surface area contributed by atoms with Crippen molar-refractivity contribution in [2.45, 2.75) is 13.0 Å². The summed E-state index contributed by atoms with van der Waals surface area (Å²) >= 11 is 0. The van der Waals surface area contributed by atoms with Gasteiger partial charge in [0, 0.05) is 38.3 Å². The first-order chi connectivity index (χ1) is 7.66. The molecule has 0 spiro atoms. The van der Waals surface area contributed by atoms with Gasteiger partial charge in [-0.05, 0) is 24.6 Å². The van der Waals surface area contributed by atoms with Crippen molar-refractivity contribution in [3.8, 4) is 11.5 Å². The Labute approximate surface area is 95.5 Å². The number of aromatic hydroxyl groups is 2. The van der Waals surface area contributed by atoms with Crippen LogP contribution in [0.3, 0.4) is 0 Å². The topological polar surface area (TPSA) is 55.7 Å². The number of benzene rings is 1. The van der Waals surface area contributed by atoms with E-state index in [1.165, 1.54) is 6.07 Å². The summed E-state index contributed by atoms with van der Waals surface area (Å²) in [6.45, 7) is 6.08. The van der Waals surface area contributed by atoms with Gasteiger partial charge in [0.05, 0.1) is 0 Å². The lowest BCUT2D eigenvalue weighted by atomic mass is 10.1. The molecule has 1 aliphatic rings. The smallest absolute Gasteiger partial charge is 0.119 e. The molecule has 88 valence electrons. The van der Waals surface area contributed by atoms with Crippen molar-refractivity contribution in [1.82, 2.24) is 10.2 Å². The Morgan fingerprint density at radius 1 is 1.12 bits per heavy atom. The summed E-state index contributed by atoms with van der Waals surface area (Å²) in [7, 11) is 0. The third-order valence-corrected chi connectivity index (χ3v) is 3.11. The molecule has 1 saturated heterocycles. The van der Waals surface area contributed by atoms with E-state index in [4.69, 9.17) is 0 Å². The first kappa shape index (κ1) is 11.2. The van der Waals surface area contributed by atoms with Crippen LogP contribution in [0.1, 0.15) is 18.5 Å². The summed E-state index contributed by atoms with van der Waals surface area (Å²) < 4.78 is 0. The zero-order valence-electron chi connectivity index (χ0n) is 9.48. The molecule has 0 amide bonds. The average Bonchev–Trinajstić information content (AvgIpc) is 2.28. The molecule has 1 fully saturated rings. The normalized spacial score (nSPS) is 19.6. The Morgan fingerprint density at radius 2 is 1.69 bits per heavy atom. The number of nitrogens with zero attached hydrogens (tertiary/aromatic N) is 1. The minimum Gasteiger partial charge on any atom is -0.508 e. The SMILES string of the molecule is C[C@@H](c1cc(O)cc(O)c1)N1CCNCC1. The summed E-state index contributed by atoms with van der Waals surface area (Å²) in [5, 5.41) is 22.2. The highest BCUT2D eigenvalue weighted by atomic mass is 16.3. The Hall–Kier alpha value is -1.26. The standard InChI is InChI=1S/C12H18N2O2/c1-9(14-4-2-13-3-5-14)10-6-11(15)8-12(16)7-10/h6-9,13,15-16H,2-5H2,1H3/t9-/m0/s1. The van der Waals surface area contributed by atoms with Crippen LogP contribution in [0.2, 0.25) is 0 Å². The van der Waals surface area contributed by atoms with Crippen molar-refractivity contribution in [2.24, 2.45) is 0 Å². The van der Waals surface area contributed by atoms with Gasteiger partial charge in [0.2, 0.25) is 0 Å². The van der Waals surface area contributed by atoms with Crippen molar-refractivity contribution >= 4 is 0 Å². The maximum Gasteiger partial charge on any atom is 0.119 e. The summed E-state index contributed by atoms with van der Waals surface area (Å²) in [5.74, 6) is 0.244. The quantitative estimate of drug-likeness (QED) is 0.700. The lowest BCUT2D eigenvalue weighted by Gasteiger charge is -2.33. The maximum atomic E-state index is 9.45. The number of hydrogen-bond acceptors (Lipinski definition) is 4. The first-order valence-corrected chi connectivity index (χ1v) is 5.64. The lowest BCUT2D eigenvalue weighted by molar-refractivity contribution is 0.185. The van der Waals surface area contributed by atoms with Gasteiger partial charge < -0.3 is 15.5 Å². The molecule has 4 heteroatoms. The predicted octanol–water partition coefficient (Wildman–Crippen LogP) is 1.06. The van der Waals surface area contributed by atoms with Gasteiger partial charge in [-0.25, -0.2) is 0 Å². The van der Waals surface area contributed by atoms with Gasteiger partial charge >= 0.3 is 0 Å². The van der Waals surface area contributed by atoms with Gasteiger partial charge in [-0.2, -0.15) is 0 Å². The Bertz CT molecular complexity index is 342. The highest BCUT2D eigenvalue weighted by molar-refractivity contribution is 5.38. The van der Waals surface area contributed by atoms with E-state index in [0.717, 1.165) is 31.7 Å². The van der Waals surface area contributed by atoms with E-state index in [2.05, 4.69) is 17.1 Å². The molecule has 0 aliphatic carbocycles. The van der Waals surface area contributed by atoms with Crippen LogP contribution >= 0.6 is 0 Å². The monoisotopic (exact) mass is 222 g/mol. The van der Waals surface area contributed by atoms with E-state index >= 15 is 0 Å². The van der Waals surface area contributed by atoms with Gasteiger partial charge in [0.1, 0.15) is 11.5 Å². The van der Waals surface area contributed by atoms with Crippen molar-refractivity contribution in [1.29, 1.82) is 0 Å². The molecule has 4 nitrogen and oxygen atoms in total. The molecule has 3 N–H and O–H groups in total. The summed E-state index contributed by atoms with van der Waals surface area (Å²) in [4.78, 5) is 2.34. The largest absolute Gasteiger partial charge is 0.508 e. The molecule has 0 unspecified atom stereocenters. The zero-order valence-corrected chi connectivity index (χ0v) is 9.48. The molecule has 1 aromatic rings. The lowest BCUT2D eigenvalue weighted by Crippen LogP contribution is -2.44. The van der Waals surface area contributed by atoms with E-state index in [9.17, 15) is 10.2 Å². The summed E-state index contributed by atoms with van der Waals surface area (Å²) in [6, 6.07) is 5.01. The predicted molar refractivity (Wildman–Crippen MR) is 62.6 cm³/mol. The molecular formula is C12H18N2O2. The van der Waals surface area contributed by atoms with E-state index in [1.807, 2.05) is 0 Å². The molecule has 0 saturated carbocycles. The number of nitrogens with one attached hydrogen (secondary N) is 1. The Kier molecular flexibility index (Phi) is 3.31. The van der Waals surface area contributed by atoms with Crippen molar-refractivity contribution in [3.63, 3.8) is 0 Å². The molecule has 1 aromatic carbocycles. The van der Waals surface area contributed by atoms with E-state index in [-0.39, 0.29) is 17.5 Å². The second-order valence-corrected chi connectivity index (χ2v) is 4.24. The van der Waals surface area contributed by atoms with Crippen LogP contribution in [-0.4, -0.2) is 41.3 Å². The highest BCUT2D eigenvalue weighted by Gasteiger charge is 2.18. The van der Waals surface area contributed by atoms with Crippen molar-refractivity contribution in [2.75, 3.05) is 26.2 Å². The van der Waals surface area contributed by atoms with E-state index in [1.54, 1.807) is 12.1 Å². The van der Waals surface area contributed by atoms with Crippen LogP contribution in [0.15, 0.2) is 18.2 Å². The van der Waals surface area contributed by atoms with Crippen LogP contribution < -0.4 is 5.32 Å². The van der Waals surface area contributed by atoms with Crippen LogP contribution in [-0.2, 0) is 0 Å². The molecule has 1 atom stereocenters. The fourth-order valence-corrected chi connectivity index (χ4v) is 2.14. The second-order valence-electron chi connectivity index (χ2n) is 4.24. The maximum absolute atomic E-state index is 9.45. The van der Waals surface area contributed by atoms with Crippen molar-refractivity contribution in [3.05, 3.63) is 23.8 Å². The molecule has 16 heavy (non-hydrogen) atoms. The number of piperazine rings is 1. The van der Waals surface area contributed by atoms with Crippen LogP contribution in [0.5, 0.6) is 11.5 Å². The number of phenols is 2. The minimum atomic E-state index is 0.122. The fraction of sp³-hybridized carbons (Fsp3) is 0.500. The molecule has 1 aliphatic heterocycles. The second kappa shape index (κ2) is 4.72. The first-order valence-electron chi connectivity index (χ1n) is 5.64. The zero-order chi connectivity index (χ0) is 11.5. The third kappa shape index (κ3) is 2.46. The summed E-state index contributed by atoms with van der Waals surface area (Å²) in [6.07, 6.45) is 0. The summed E-state index contributed by atoms with van der Waals surface area (Å²) in [5.41, 5.74) is 0.958. The number of phenolic OH excluding ortho intramolecular Hbond substituents is 2. The van der Waals surface area contributed by atoms with Gasteiger partial charge in [-0.3, -0.25) is 4.90 Å². The number of rotatable bonds is 2. The molecule has 0 bridgehead atoms. The third-order valence-electron chi connectivity index (χ3n) is 3.11. The molecular weight excluding hydrogens is 204 g/mol. The van der Waals surface area contributed by atoms with Gasteiger partial charge in [0.15, 0.2) is 0 Å². The van der Waals surface area contributed by atoms with Crippen LogP contribution in [0, 0.1) is 0 Å². The molecule has 0 aromatic heterocycles.